The van der Waals surface area contributed by atoms with Crippen molar-refractivity contribution < 1.29 is 0 Å². The summed E-state index contributed by atoms with van der Waals surface area (Å²) < 4.78 is 0. The van der Waals surface area contributed by atoms with Crippen molar-refractivity contribution in [2.45, 2.75) is 32.2 Å². The van der Waals surface area contributed by atoms with E-state index in [0.717, 1.165) is 45.2 Å². The summed E-state index contributed by atoms with van der Waals surface area (Å²) in [7, 11) is 0. The van der Waals surface area contributed by atoms with E-state index in [4.69, 9.17) is 5.73 Å². The summed E-state index contributed by atoms with van der Waals surface area (Å²) in [4.78, 5) is 10.9. The molecule has 0 saturated carbocycles. The van der Waals surface area contributed by atoms with Crippen molar-refractivity contribution in [3.8, 4) is 0 Å². The molecule has 3 heterocycles. The monoisotopic (exact) mass is 292 g/mol. The Kier molecular flexibility index (Phi) is 4.58. The van der Waals surface area contributed by atoms with Crippen LogP contribution in [0.15, 0.2) is 16.4 Å². The summed E-state index contributed by atoms with van der Waals surface area (Å²) in [5, 5.41) is 2.21. The van der Waals surface area contributed by atoms with E-state index in [1.165, 1.54) is 31.2 Å². The van der Waals surface area contributed by atoms with E-state index in [0.29, 0.717) is 0 Å². The lowest BCUT2D eigenvalue weighted by Gasteiger charge is -2.28. The number of thiophene rings is 1. The molecule has 1 saturated heterocycles. The molecule has 1 aromatic heterocycles. The van der Waals surface area contributed by atoms with Gasteiger partial charge in [0.25, 0.3) is 0 Å². The lowest BCUT2D eigenvalue weighted by Crippen LogP contribution is -2.41. The van der Waals surface area contributed by atoms with E-state index >= 15 is 0 Å². The van der Waals surface area contributed by atoms with Gasteiger partial charge in [0.2, 0.25) is 0 Å². The normalized spacial score (nSPS) is 21.0. The highest BCUT2D eigenvalue weighted by atomic mass is 32.1. The average molecular weight is 292 g/mol. The Morgan fingerprint density at radius 1 is 1.25 bits per heavy atom. The van der Waals surface area contributed by atoms with Crippen molar-refractivity contribution in [3.63, 3.8) is 0 Å². The van der Waals surface area contributed by atoms with Crippen molar-refractivity contribution in [2.24, 2.45) is 10.7 Å². The molecule has 1 fully saturated rings. The van der Waals surface area contributed by atoms with Crippen molar-refractivity contribution in [1.29, 1.82) is 0 Å². The maximum absolute atomic E-state index is 6.08. The number of aliphatic imine (C=N–C) groups is 1. The second-order valence-electron chi connectivity index (χ2n) is 5.68. The molecule has 0 atom stereocenters. The molecule has 3 rings (SSSR count). The average Bonchev–Trinajstić information content (AvgIpc) is 2.95. The molecule has 0 spiro atoms. The van der Waals surface area contributed by atoms with Gasteiger partial charge in [-0.05, 0) is 42.7 Å². The van der Waals surface area contributed by atoms with E-state index < -0.39 is 0 Å². The first-order chi connectivity index (χ1) is 9.83. The summed E-state index contributed by atoms with van der Waals surface area (Å²) in [6.07, 6.45) is 5.03. The van der Waals surface area contributed by atoms with Crippen LogP contribution in [0.2, 0.25) is 0 Å². The molecular weight excluding hydrogens is 268 g/mol. The molecule has 1 aromatic rings. The Morgan fingerprint density at radius 2 is 2.10 bits per heavy atom. The number of hydrogen-bond acceptors (Lipinski definition) is 3. The number of guanidine groups is 1. The van der Waals surface area contributed by atoms with Crippen LogP contribution in [0.5, 0.6) is 0 Å². The van der Waals surface area contributed by atoms with Crippen LogP contribution in [0.1, 0.15) is 29.7 Å². The Balaban J connectivity index is 1.45. The quantitative estimate of drug-likeness (QED) is 0.684. The van der Waals surface area contributed by atoms with Crippen LogP contribution in [0.25, 0.3) is 0 Å². The number of likely N-dealkylation sites (tertiary alicyclic amines) is 1. The molecular formula is C15H24N4S. The maximum atomic E-state index is 6.08. The summed E-state index contributed by atoms with van der Waals surface area (Å²) in [6, 6.07) is 2.26. The van der Waals surface area contributed by atoms with Crippen LogP contribution >= 0.6 is 11.3 Å². The number of hydrogen-bond donors (Lipinski definition) is 1. The van der Waals surface area contributed by atoms with E-state index in [2.05, 4.69) is 26.2 Å². The molecule has 0 radical (unpaired) electrons. The fourth-order valence-corrected chi connectivity index (χ4v) is 3.92. The Morgan fingerprint density at radius 3 is 2.95 bits per heavy atom. The van der Waals surface area contributed by atoms with Crippen molar-refractivity contribution in [3.05, 3.63) is 21.9 Å². The smallest absolute Gasteiger partial charge is 0.191 e. The lowest BCUT2D eigenvalue weighted by molar-refractivity contribution is 0.263. The van der Waals surface area contributed by atoms with Crippen LogP contribution in [0.3, 0.4) is 0 Å². The zero-order valence-electron chi connectivity index (χ0n) is 12.1. The second kappa shape index (κ2) is 6.59. The Hall–Kier alpha value is -1.07. The van der Waals surface area contributed by atoms with E-state index in [1.54, 1.807) is 4.88 Å². The highest BCUT2D eigenvalue weighted by Gasteiger charge is 2.16. The minimum absolute atomic E-state index is 0.748. The van der Waals surface area contributed by atoms with Gasteiger partial charge in [-0.3, -0.25) is 9.89 Å². The highest BCUT2D eigenvalue weighted by Crippen LogP contribution is 2.23. The third kappa shape index (κ3) is 3.33. The van der Waals surface area contributed by atoms with Gasteiger partial charge in [0.15, 0.2) is 5.96 Å². The molecule has 0 unspecified atom stereocenters. The number of nitrogens with zero attached hydrogens (tertiary/aromatic N) is 3. The number of rotatable bonds is 3. The van der Waals surface area contributed by atoms with E-state index in [-0.39, 0.29) is 0 Å². The molecule has 110 valence electrons. The van der Waals surface area contributed by atoms with Gasteiger partial charge in [0, 0.05) is 37.6 Å². The SMILES string of the molecule is NC(=NCCN1CCc2sccc2C1)N1CCCCC1. The molecule has 2 N–H and O–H groups in total. The molecule has 2 aliphatic rings. The molecule has 0 bridgehead atoms. The minimum atomic E-state index is 0.748. The Bertz CT molecular complexity index is 462. The van der Waals surface area contributed by atoms with Crippen molar-refractivity contribution in [1.82, 2.24) is 9.80 Å². The van der Waals surface area contributed by atoms with Crippen LogP contribution < -0.4 is 5.73 Å². The first kappa shape index (κ1) is 13.9. The van der Waals surface area contributed by atoms with Crippen LogP contribution in [0.4, 0.5) is 0 Å². The maximum Gasteiger partial charge on any atom is 0.191 e. The van der Waals surface area contributed by atoms with Gasteiger partial charge in [-0.1, -0.05) is 0 Å². The summed E-state index contributed by atoms with van der Waals surface area (Å²) in [5.41, 5.74) is 7.59. The van der Waals surface area contributed by atoms with Gasteiger partial charge < -0.3 is 10.6 Å². The predicted octanol–water partition coefficient (Wildman–Crippen LogP) is 1.91. The van der Waals surface area contributed by atoms with Gasteiger partial charge in [-0.2, -0.15) is 0 Å². The van der Waals surface area contributed by atoms with Crippen LogP contribution in [-0.2, 0) is 13.0 Å². The van der Waals surface area contributed by atoms with Crippen molar-refractivity contribution in [2.75, 3.05) is 32.7 Å². The predicted molar refractivity (Wildman–Crippen MR) is 85.2 cm³/mol. The van der Waals surface area contributed by atoms with Crippen LogP contribution in [-0.4, -0.2) is 48.5 Å². The molecule has 20 heavy (non-hydrogen) atoms. The summed E-state index contributed by atoms with van der Waals surface area (Å²) in [6.45, 7) is 6.24. The van der Waals surface area contributed by atoms with Gasteiger partial charge in [-0.15, -0.1) is 11.3 Å². The molecule has 2 aliphatic heterocycles. The second-order valence-corrected chi connectivity index (χ2v) is 6.68. The topological polar surface area (TPSA) is 44.9 Å². The van der Waals surface area contributed by atoms with Crippen molar-refractivity contribution >= 4 is 17.3 Å². The zero-order valence-corrected chi connectivity index (χ0v) is 12.9. The first-order valence-electron chi connectivity index (χ1n) is 7.65. The fourth-order valence-electron chi connectivity index (χ4n) is 3.03. The number of piperidine rings is 1. The lowest BCUT2D eigenvalue weighted by atomic mass is 10.1. The standard InChI is InChI=1S/C15H24N4S/c16-15(19-7-2-1-3-8-19)17-6-10-18-9-4-14-13(12-18)5-11-20-14/h5,11H,1-4,6-10,12H2,(H2,16,17). The Labute approximate surface area is 125 Å². The van der Waals surface area contributed by atoms with E-state index in [9.17, 15) is 0 Å². The molecule has 0 aliphatic carbocycles. The van der Waals surface area contributed by atoms with Gasteiger partial charge in [0.05, 0.1) is 6.54 Å². The molecule has 4 nitrogen and oxygen atoms in total. The molecule has 0 amide bonds. The third-order valence-electron chi connectivity index (χ3n) is 4.26. The van der Waals surface area contributed by atoms with E-state index in [1.807, 2.05) is 11.3 Å². The zero-order chi connectivity index (χ0) is 13.8. The highest BCUT2D eigenvalue weighted by molar-refractivity contribution is 7.10. The van der Waals surface area contributed by atoms with Gasteiger partial charge in [0.1, 0.15) is 0 Å². The minimum Gasteiger partial charge on any atom is -0.370 e. The number of nitrogens with two attached hydrogens (primary N) is 1. The third-order valence-corrected chi connectivity index (χ3v) is 5.28. The first-order valence-corrected chi connectivity index (χ1v) is 8.53. The van der Waals surface area contributed by atoms with Gasteiger partial charge >= 0.3 is 0 Å². The number of fused-ring (bicyclic) bond motifs is 1. The van der Waals surface area contributed by atoms with Gasteiger partial charge in [-0.25, -0.2) is 0 Å². The molecule has 5 heteroatoms. The fraction of sp³-hybridized carbons (Fsp3) is 0.667. The largest absolute Gasteiger partial charge is 0.370 e. The summed E-state index contributed by atoms with van der Waals surface area (Å²) in [5.74, 6) is 0.748. The molecule has 0 aromatic carbocycles. The summed E-state index contributed by atoms with van der Waals surface area (Å²) >= 11 is 1.89. The van der Waals surface area contributed by atoms with Crippen LogP contribution in [0, 0.1) is 0 Å².